The van der Waals surface area contributed by atoms with Crippen LogP contribution in [0, 0.1) is 0 Å². The molecule has 4 heavy (non-hydrogen) atoms. The first-order chi connectivity index (χ1) is 1.00. The Kier molecular flexibility index (Phi) is 992. The van der Waals surface area contributed by atoms with Gasteiger partial charge in [0.15, 0.2) is 0 Å². The van der Waals surface area contributed by atoms with E-state index >= 15 is 0 Å². The van der Waals surface area contributed by atoms with Gasteiger partial charge in [0.2, 0.25) is 0 Å². The molecule has 0 aromatic heterocycles. The predicted octanol–water partition coefficient (Wildman–Crippen LogP) is -4.05. The summed E-state index contributed by atoms with van der Waals surface area (Å²) in [6.07, 6.45) is 0. The molecule has 0 spiro atoms. The van der Waals surface area contributed by atoms with Gasteiger partial charge < -0.3 is 10.9 Å². The Labute approximate surface area is 33.2 Å². The molecule has 0 aliphatic heterocycles. The maximum atomic E-state index is 4.64. The van der Waals surface area contributed by atoms with Crippen LogP contribution in [0.15, 0.2) is 0 Å². The average Bonchev–Trinajstić information content (AvgIpc) is 1.00. The van der Waals surface area contributed by atoms with E-state index in [4.69, 9.17) is 0 Å². The smallest absolute Gasteiger partial charge is 0.0716 e. The van der Waals surface area contributed by atoms with Crippen LogP contribution in [0.2, 0.25) is 0 Å². The first kappa shape index (κ1) is 26.7. The van der Waals surface area contributed by atoms with E-state index in [0.717, 1.165) is 10.4 Å². The van der Waals surface area contributed by atoms with Crippen molar-refractivity contribution in [2.75, 3.05) is 0 Å². The van der Waals surface area contributed by atoms with Crippen molar-refractivity contribution in [2.24, 2.45) is 5.40 Å². The van der Waals surface area contributed by atoms with Crippen molar-refractivity contribution in [2.45, 2.75) is 0 Å². The molecule has 0 aromatic rings. The molecule has 0 fully saturated rings. The normalized spacial score (nSPS) is 2.25. The molecular weight excluding hydrogens is 86.2 g/mol. The quantitative estimate of drug-likeness (QED) is 0.307. The number of nitrogens with two attached hydrogens (primary N) is 1. The van der Waals surface area contributed by atoms with E-state index in [1.807, 2.05) is 0 Å². The van der Waals surface area contributed by atoms with Crippen LogP contribution < -0.4 is 5.40 Å². The molecule has 4 N–H and O–H groups in total. The minimum atomic E-state index is 0. The van der Waals surface area contributed by atoms with E-state index in [9.17, 15) is 0 Å². The van der Waals surface area contributed by atoms with Crippen LogP contribution in [0.3, 0.4) is 0 Å². The van der Waals surface area contributed by atoms with Crippen molar-refractivity contribution >= 4 is 21.4 Å². The summed E-state index contributed by atoms with van der Waals surface area (Å²) in [5, 5.41) is 4.64. The highest BCUT2D eigenvalue weighted by molar-refractivity contribution is 6.02. The highest BCUT2D eigenvalue weighted by atomic mass is 28.2. The van der Waals surface area contributed by atoms with Crippen LogP contribution in [-0.2, 0) is 0 Å². The second-order valence-electron chi connectivity index (χ2n) is 0. The van der Waals surface area contributed by atoms with Gasteiger partial charge in [-0.15, -0.1) is 0 Å². The third-order valence-electron chi connectivity index (χ3n) is 0. The summed E-state index contributed by atoms with van der Waals surface area (Å²) in [7, 11) is 0.806. The molecule has 0 aromatic carbocycles. The van der Waals surface area contributed by atoms with Crippen LogP contribution in [0.25, 0.3) is 0 Å². The maximum Gasteiger partial charge on any atom is 0.0716 e. The highest BCUT2D eigenvalue weighted by Gasteiger charge is 0.880. The van der Waals surface area contributed by atoms with Gasteiger partial charge in [-0.25, -0.2) is 0 Å². The molecule has 4 heteroatoms. The topological polar surface area (TPSA) is 57.5 Å². The van der Waals surface area contributed by atoms with Gasteiger partial charge in [-0.05, 0) is 11.0 Å². The molecule has 0 unspecified atom stereocenters. The van der Waals surface area contributed by atoms with Crippen LogP contribution in [-0.4, -0.2) is 26.8 Å². The molecule has 0 amide bonds. The van der Waals surface area contributed by atoms with Crippen molar-refractivity contribution in [3.8, 4) is 0 Å². The third kappa shape index (κ3) is 34.5. The molecule has 0 saturated carbocycles. The molecule has 0 rings (SSSR count). The van der Waals surface area contributed by atoms with Gasteiger partial charge in [-0.1, -0.05) is 0 Å². The van der Waals surface area contributed by atoms with Crippen molar-refractivity contribution < 1.29 is 5.48 Å². The lowest BCUT2D eigenvalue weighted by Crippen LogP contribution is -1.75. The van der Waals surface area contributed by atoms with Crippen molar-refractivity contribution in [1.82, 2.24) is 0 Å². The molecule has 0 saturated heterocycles. The minimum absolute atomic E-state index is 0. The van der Waals surface area contributed by atoms with E-state index in [0.29, 0.717) is 0 Å². The van der Waals surface area contributed by atoms with E-state index in [1.54, 1.807) is 0 Å². The van der Waals surface area contributed by atoms with Crippen molar-refractivity contribution in [3.63, 3.8) is 0 Å². The van der Waals surface area contributed by atoms with Crippen LogP contribution in [0.1, 0.15) is 0 Å². The Bertz CT molecular complexity index is 6.00. The fourth-order valence-electron chi connectivity index (χ4n) is 0. The zero-order valence-corrected chi connectivity index (χ0v) is 4.08. The summed E-state index contributed by atoms with van der Waals surface area (Å²) in [6.45, 7) is 0. The van der Waals surface area contributed by atoms with E-state index in [2.05, 4.69) is 5.40 Å². The number of rotatable bonds is 0. The van der Waals surface area contributed by atoms with Gasteiger partial charge in [0.1, 0.15) is 0 Å². The SMILES string of the molecule is N[SiH3].O.[SiH4]. The summed E-state index contributed by atoms with van der Waals surface area (Å²) >= 11 is 0. The molecule has 0 atom stereocenters. The van der Waals surface area contributed by atoms with Gasteiger partial charge in [0, 0.05) is 0 Å². The molecule has 0 heterocycles. The van der Waals surface area contributed by atoms with Crippen molar-refractivity contribution in [3.05, 3.63) is 0 Å². The second-order valence-corrected chi connectivity index (χ2v) is 0. The van der Waals surface area contributed by atoms with Crippen molar-refractivity contribution in [1.29, 1.82) is 0 Å². The fourth-order valence-corrected chi connectivity index (χ4v) is 0. The zero-order valence-electron chi connectivity index (χ0n) is 2.08. The molecule has 0 aliphatic carbocycles. The van der Waals surface area contributed by atoms with Crippen LogP contribution in [0.4, 0.5) is 0 Å². The van der Waals surface area contributed by atoms with Gasteiger partial charge in [-0.2, -0.15) is 0 Å². The number of hydrogen-bond acceptors (Lipinski definition) is 1. The first-order valence-electron chi connectivity index (χ1n) is 0.577. The Morgan fingerprint density at radius 1 is 1.25 bits per heavy atom. The molecular formula is H11NOSi2. The minimum Gasteiger partial charge on any atom is -0.412 e. The van der Waals surface area contributed by atoms with Gasteiger partial charge in [0.25, 0.3) is 0 Å². The van der Waals surface area contributed by atoms with E-state index < -0.39 is 0 Å². The summed E-state index contributed by atoms with van der Waals surface area (Å²) < 4.78 is 0. The molecule has 0 bridgehead atoms. The Morgan fingerprint density at radius 3 is 1.25 bits per heavy atom. The Morgan fingerprint density at radius 2 is 1.25 bits per heavy atom. The largest absolute Gasteiger partial charge is 0.412 e. The van der Waals surface area contributed by atoms with Crippen LogP contribution in [0.5, 0.6) is 0 Å². The van der Waals surface area contributed by atoms with E-state index in [-0.39, 0.29) is 16.4 Å². The molecule has 0 radical (unpaired) electrons. The zero-order chi connectivity index (χ0) is 2.00. The average molecular weight is 97.3 g/mol. The predicted molar refractivity (Wildman–Crippen MR) is 29.1 cm³/mol. The summed E-state index contributed by atoms with van der Waals surface area (Å²) in [6, 6.07) is 0. The monoisotopic (exact) mass is 97.0 g/mol. The summed E-state index contributed by atoms with van der Waals surface area (Å²) in [5.41, 5.74) is 0. The Hall–Kier alpha value is 0.354. The van der Waals surface area contributed by atoms with E-state index in [1.165, 1.54) is 0 Å². The summed E-state index contributed by atoms with van der Waals surface area (Å²) in [4.78, 5) is 0. The molecule has 0 aliphatic rings. The highest BCUT2D eigenvalue weighted by Crippen LogP contribution is 0.350. The second kappa shape index (κ2) is 148. The van der Waals surface area contributed by atoms with Gasteiger partial charge in [0.05, 0.1) is 10.4 Å². The maximum absolute atomic E-state index is 4.64. The lowest BCUT2D eigenvalue weighted by molar-refractivity contribution is 0.824. The van der Waals surface area contributed by atoms with Gasteiger partial charge >= 0.3 is 0 Å². The summed E-state index contributed by atoms with van der Waals surface area (Å²) in [5.74, 6) is 0. The van der Waals surface area contributed by atoms with Crippen LogP contribution >= 0.6 is 0 Å². The Balaban J connectivity index is -0.00000000500. The molecule has 2 nitrogen and oxygen atoms in total. The first-order valence-corrected chi connectivity index (χ1v) is 1.73. The lowest BCUT2D eigenvalue weighted by Gasteiger charge is -1.17. The van der Waals surface area contributed by atoms with Gasteiger partial charge in [-0.3, -0.25) is 0 Å². The standard InChI is InChI=1S/H5NSi.H2O.H4Si/c1-2;;/h1H2,2H3;1H2;1H4. The molecule has 30 valence electrons. The lowest BCUT2D eigenvalue weighted by atomic mass is 13.9. The third-order valence-corrected chi connectivity index (χ3v) is 0. The fraction of sp³-hybridized carbons (Fsp3) is 0. The number of hydrogen-bond donors (Lipinski definition) is 1.